The summed E-state index contributed by atoms with van der Waals surface area (Å²) in [7, 11) is 0. The molecule has 0 radical (unpaired) electrons. The van der Waals surface area contributed by atoms with Crippen molar-refractivity contribution in [2.24, 2.45) is 11.8 Å². The van der Waals surface area contributed by atoms with Crippen molar-refractivity contribution in [3.8, 4) is 0 Å². The molecule has 0 spiro atoms. The summed E-state index contributed by atoms with van der Waals surface area (Å²) in [5.41, 5.74) is 1.08. The molecule has 1 saturated carbocycles. The molecule has 1 fully saturated rings. The maximum Gasteiger partial charge on any atom is 0.303 e. The van der Waals surface area contributed by atoms with Crippen LogP contribution in [-0.4, -0.2) is 17.0 Å². The van der Waals surface area contributed by atoms with Crippen LogP contribution in [0.15, 0.2) is 24.3 Å². The van der Waals surface area contributed by atoms with Gasteiger partial charge in [-0.3, -0.25) is 9.59 Å². The minimum atomic E-state index is -0.814. The van der Waals surface area contributed by atoms with Gasteiger partial charge in [-0.25, -0.2) is 0 Å². The molecule has 0 aliphatic heterocycles. The highest BCUT2D eigenvalue weighted by Gasteiger charge is 2.40. The van der Waals surface area contributed by atoms with E-state index < -0.39 is 5.97 Å². The van der Waals surface area contributed by atoms with E-state index in [1.54, 1.807) is 0 Å². The Labute approximate surface area is 135 Å². The van der Waals surface area contributed by atoms with Gasteiger partial charge in [0.25, 0.3) is 0 Å². The standard InChI is InChI=1S/C17H22ClNO3/c1-11-10-14(11)17(12-6-8-13(18)9-7-12)19-15(20)4-2-3-5-16(21)22/h6-9,11,14,17H,2-5,10H2,1H3,(H,19,20)(H,21,22). The van der Waals surface area contributed by atoms with Crippen molar-refractivity contribution < 1.29 is 14.7 Å². The van der Waals surface area contributed by atoms with Gasteiger partial charge in [0.2, 0.25) is 5.91 Å². The molecule has 2 N–H and O–H groups in total. The SMILES string of the molecule is CC1CC1C(NC(=O)CCCCC(=O)O)c1ccc(Cl)cc1. The van der Waals surface area contributed by atoms with Crippen molar-refractivity contribution in [3.63, 3.8) is 0 Å². The number of amides is 1. The first-order valence-electron chi connectivity index (χ1n) is 7.74. The van der Waals surface area contributed by atoms with Crippen LogP contribution in [-0.2, 0) is 9.59 Å². The van der Waals surface area contributed by atoms with Gasteiger partial charge >= 0.3 is 5.97 Å². The number of carboxylic acid groups (broad SMARTS) is 1. The molecule has 0 heterocycles. The van der Waals surface area contributed by atoms with E-state index in [2.05, 4.69) is 12.2 Å². The van der Waals surface area contributed by atoms with Crippen molar-refractivity contribution in [2.75, 3.05) is 0 Å². The first-order valence-corrected chi connectivity index (χ1v) is 8.12. The van der Waals surface area contributed by atoms with Crippen molar-refractivity contribution in [1.29, 1.82) is 0 Å². The molecule has 120 valence electrons. The third-order valence-electron chi connectivity index (χ3n) is 4.19. The molecule has 2 rings (SSSR count). The molecule has 1 aromatic rings. The van der Waals surface area contributed by atoms with Gasteiger partial charge in [-0.1, -0.05) is 30.7 Å². The number of benzene rings is 1. The molecule has 5 heteroatoms. The van der Waals surface area contributed by atoms with Gasteiger partial charge in [0.1, 0.15) is 0 Å². The third-order valence-corrected chi connectivity index (χ3v) is 4.44. The molecule has 22 heavy (non-hydrogen) atoms. The van der Waals surface area contributed by atoms with Crippen LogP contribution in [0.1, 0.15) is 50.6 Å². The Kier molecular flexibility index (Phi) is 5.83. The monoisotopic (exact) mass is 323 g/mol. The Balaban J connectivity index is 1.89. The molecule has 4 nitrogen and oxygen atoms in total. The second-order valence-electron chi connectivity index (χ2n) is 6.07. The van der Waals surface area contributed by atoms with Crippen LogP contribution in [0.3, 0.4) is 0 Å². The summed E-state index contributed by atoms with van der Waals surface area (Å²) in [5.74, 6) is 0.271. The second-order valence-corrected chi connectivity index (χ2v) is 6.51. The van der Waals surface area contributed by atoms with Gasteiger partial charge < -0.3 is 10.4 Å². The Morgan fingerprint density at radius 1 is 1.27 bits per heavy atom. The molecule has 0 bridgehead atoms. The zero-order chi connectivity index (χ0) is 16.1. The predicted octanol–water partition coefficient (Wildman–Crippen LogP) is 3.80. The number of aliphatic carboxylic acids is 1. The summed E-state index contributed by atoms with van der Waals surface area (Å²) in [6.07, 6.45) is 2.75. The quantitative estimate of drug-likeness (QED) is 0.715. The van der Waals surface area contributed by atoms with E-state index in [0.29, 0.717) is 36.1 Å². The summed E-state index contributed by atoms with van der Waals surface area (Å²) in [4.78, 5) is 22.5. The van der Waals surface area contributed by atoms with Crippen LogP contribution in [0.2, 0.25) is 5.02 Å². The normalized spacial score (nSPS) is 21.2. The molecule has 1 aromatic carbocycles. The second kappa shape index (κ2) is 7.63. The lowest BCUT2D eigenvalue weighted by molar-refractivity contribution is -0.137. The fraction of sp³-hybridized carbons (Fsp3) is 0.529. The van der Waals surface area contributed by atoms with Gasteiger partial charge in [0.05, 0.1) is 6.04 Å². The number of carbonyl (C=O) groups excluding carboxylic acids is 1. The molecular weight excluding hydrogens is 302 g/mol. The fourth-order valence-corrected chi connectivity index (χ4v) is 2.86. The van der Waals surface area contributed by atoms with E-state index in [1.165, 1.54) is 0 Å². The summed E-state index contributed by atoms with van der Waals surface area (Å²) in [6.45, 7) is 2.19. The van der Waals surface area contributed by atoms with Crippen molar-refractivity contribution in [1.82, 2.24) is 5.32 Å². The molecule has 3 unspecified atom stereocenters. The molecule has 1 amide bonds. The lowest BCUT2D eigenvalue weighted by Crippen LogP contribution is -2.30. The zero-order valence-electron chi connectivity index (χ0n) is 12.7. The smallest absolute Gasteiger partial charge is 0.303 e. The molecule has 0 aromatic heterocycles. The van der Waals surface area contributed by atoms with Crippen LogP contribution >= 0.6 is 11.6 Å². The Morgan fingerprint density at radius 3 is 2.41 bits per heavy atom. The highest BCUT2D eigenvalue weighted by Crippen LogP contribution is 2.47. The van der Waals surface area contributed by atoms with E-state index in [1.807, 2.05) is 24.3 Å². The third kappa shape index (κ3) is 5.02. The number of carbonyl (C=O) groups is 2. The highest BCUT2D eigenvalue weighted by atomic mass is 35.5. The minimum Gasteiger partial charge on any atom is -0.481 e. The van der Waals surface area contributed by atoms with E-state index in [0.717, 1.165) is 12.0 Å². The van der Waals surface area contributed by atoms with Gasteiger partial charge in [-0.2, -0.15) is 0 Å². The largest absolute Gasteiger partial charge is 0.481 e. The maximum absolute atomic E-state index is 12.1. The van der Waals surface area contributed by atoms with Crippen LogP contribution in [0.4, 0.5) is 0 Å². The van der Waals surface area contributed by atoms with Crippen molar-refractivity contribution in [3.05, 3.63) is 34.9 Å². The first-order chi connectivity index (χ1) is 10.5. The summed E-state index contributed by atoms with van der Waals surface area (Å²) in [6, 6.07) is 7.64. The Hall–Kier alpha value is -1.55. The van der Waals surface area contributed by atoms with Gasteiger partial charge in [0.15, 0.2) is 0 Å². The topological polar surface area (TPSA) is 66.4 Å². The van der Waals surface area contributed by atoms with E-state index in [4.69, 9.17) is 16.7 Å². The van der Waals surface area contributed by atoms with E-state index >= 15 is 0 Å². The predicted molar refractivity (Wildman–Crippen MR) is 85.7 cm³/mol. The fourth-order valence-electron chi connectivity index (χ4n) is 2.73. The number of halogens is 1. The molecular formula is C17H22ClNO3. The molecule has 0 saturated heterocycles. The average Bonchev–Trinajstić information content (AvgIpc) is 3.19. The van der Waals surface area contributed by atoms with E-state index in [-0.39, 0.29) is 18.4 Å². The average molecular weight is 324 g/mol. The lowest BCUT2D eigenvalue weighted by atomic mass is 10.0. The van der Waals surface area contributed by atoms with Gasteiger partial charge in [-0.15, -0.1) is 0 Å². The van der Waals surface area contributed by atoms with Crippen LogP contribution in [0.25, 0.3) is 0 Å². The number of carboxylic acids is 1. The first kappa shape index (κ1) is 16.8. The van der Waals surface area contributed by atoms with Crippen LogP contribution < -0.4 is 5.32 Å². The highest BCUT2D eigenvalue weighted by molar-refractivity contribution is 6.30. The van der Waals surface area contributed by atoms with E-state index in [9.17, 15) is 9.59 Å². The van der Waals surface area contributed by atoms with Crippen LogP contribution in [0, 0.1) is 11.8 Å². The number of hydrogen-bond donors (Lipinski definition) is 2. The van der Waals surface area contributed by atoms with Gasteiger partial charge in [-0.05, 0) is 48.8 Å². The van der Waals surface area contributed by atoms with Crippen LogP contribution in [0.5, 0.6) is 0 Å². The lowest BCUT2D eigenvalue weighted by Gasteiger charge is -2.19. The maximum atomic E-state index is 12.1. The number of nitrogens with one attached hydrogen (secondary N) is 1. The number of rotatable bonds is 8. The summed E-state index contributed by atoms with van der Waals surface area (Å²) in [5, 5.41) is 12.4. The molecule has 1 aliphatic rings. The van der Waals surface area contributed by atoms with Crippen molar-refractivity contribution >= 4 is 23.5 Å². The molecule has 1 aliphatic carbocycles. The Bertz CT molecular complexity index is 529. The minimum absolute atomic E-state index is 0.00978. The Morgan fingerprint density at radius 2 is 1.86 bits per heavy atom. The summed E-state index contributed by atoms with van der Waals surface area (Å²) >= 11 is 5.92. The van der Waals surface area contributed by atoms with Crippen molar-refractivity contribution in [2.45, 2.75) is 45.1 Å². The van der Waals surface area contributed by atoms with Gasteiger partial charge in [0, 0.05) is 17.9 Å². The summed E-state index contributed by atoms with van der Waals surface area (Å²) < 4.78 is 0. The zero-order valence-corrected chi connectivity index (χ0v) is 13.5. The number of hydrogen-bond acceptors (Lipinski definition) is 2. The number of unbranched alkanes of at least 4 members (excludes halogenated alkanes) is 1. The molecule has 3 atom stereocenters.